The lowest BCUT2D eigenvalue weighted by molar-refractivity contribution is -0.138. The summed E-state index contributed by atoms with van der Waals surface area (Å²) in [6, 6.07) is 0. The molecule has 0 amide bonds. The molecule has 0 saturated heterocycles. The van der Waals surface area contributed by atoms with Gasteiger partial charge < -0.3 is 23.7 Å². The van der Waals surface area contributed by atoms with E-state index in [1.807, 2.05) is 0 Å². The summed E-state index contributed by atoms with van der Waals surface area (Å²) in [5.74, 6) is -1.50. The second kappa shape index (κ2) is 116. The van der Waals surface area contributed by atoms with E-state index < -0.39 is 0 Å². The molecule has 0 atom stereocenters. The highest BCUT2D eigenvalue weighted by Crippen LogP contribution is 2.20. The fourth-order valence-corrected chi connectivity index (χ4v) is 14.4. The minimum Gasteiger partial charge on any atom is -0.463 e. The minimum atomic E-state index is -0.301. The third-order valence-electron chi connectivity index (χ3n) is 22.0. The van der Waals surface area contributed by atoms with Crippen LogP contribution >= 0.6 is 0 Å². The number of unbranched alkanes of at least 4 members (excludes halogenated alkanes) is 75. The van der Waals surface area contributed by atoms with Gasteiger partial charge in [0.15, 0.2) is 0 Å². The van der Waals surface area contributed by atoms with Crippen molar-refractivity contribution in [1.82, 2.24) is 0 Å². The van der Waals surface area contributed by atoms with Crippen molar-refractivity contribution in [3.63, 3.8) is 0 Å². The molecule has 680 valence electrons. The Kier molecular flexibility index (Phi) is 121. The largest absolute Gasteiger partial charge is 0.463 e. The maximum Gasteiger partial charge on any atom is 0.330 e. The summed E-state index contributed by atoms with van der Waals surface area (Å²) in [6.45, 7) is 31.0. The number of carbonyl (C=O) groups is 5. The lowest BCUT2D eigenvalue weighted by atomic mass is 10.0. The second-order valence-corrected chi connectivity index (χ2v) is 33.4. The molecule has 0 spiro atoms. The number of carbonyl (C=O) groups excluding carboxylic acids is 5. The van der Waals surface area contributed by atoms with Crippen molar-refractivity contribution in [3.8, 4) is 0 Å². The molecule has 10 nitrogen and oxygen atoms in total. The molecule has 10 heteroatoms. The van der Waals surface area contributed by atoms with E-state index in [0.29, 0.717) is 33.0 Å². The fraction of sp³-hybridized carbons (Fsp3) is 0.857. The second-order valence-electron chi connectivity index (χ2n) is 33.4. The molecule has 0 rings (SSSR count). The Morgan fingerprint density at radius 1 is 0.139 bits per heavy atom. The lowest BCUT2D eigenvalue weighted by Crippen LogP contribution is -2.01. The normalized spacial score (nSPS) is 10.7. The summed E-state index contributed by atoms with van der Waals surface area (Å²) in [7, 11) is 0. The smallest absolute Gasteiger partial charge is 0.330 e. The third-order valence-corrected chi connectivity index (χ3v) is 22.0. The average molecular weight is 1620 g/mol. The van der Waals surface area contributed by atoms with E-state index in [1.165, 1.54) is 512 Å². The zero-order valence-electron chi connectivity index (χ0n) is 78.1. The van der Waals surface area contributed by atoms with E-state index >= 15 is 0 Å². The molecule has 0 aliphatic rings. The molecule has 0 aliphatic heterocycles. The molecule has 0 radical (unpaired) electrons. The minimum absolute atomic E-state index is 0.299. The highest BCUT2D eigenvalue weighted by Gasteiger charge is 2.04. The number of esters is 5. The molecule has 0 unspecified atom stereocenters. The number of ether oxygens (including phenoxy) is 5. The van der Waals surface area contributed by atoms with Gasteiger partial charge in [0, 0.05) is 30.4 Å². The van der Waals surface area contributed by atoms with E-state index in [9.17, 15) is 24.0 Å². The van der Waals surface area contributed by atoms with Crippen molar-refractivity contribution in [2.75, 3.05) is 33.0 Å². The van der Waals surface area contributed by atoms with E-state index in [-0.39, 0.29) is 29.8 Å². The Hall–Kier alpha value is -3.95. The van der Waals surface area contributed by atoms with Crippen molar-refractivity contribution >= 4 is 29.8 Å². The Bertz CT molecular complexity index is 1930. The van der Waals surface area contributed by atoms with Gasteiger partial charge in [0.1, 0.15) is 0 Å². The predicted molar refractivity (Wildman–Crippen MR) is 504 cm³/mol. The van der Waals surface area contributed by atoms with Crippen LogP contribution in [0.3, 0.4) is 0 Å². The molecule has 0 saturated carbocycles. The van der Waals surface area contributed by atoms with Gasteiger partial charge in [-0.15, -0.1) is 0 Å². The van der Waals surface area contributed by atoms with E-state index in [2.05, 4.69) is 67.5 Å². The van der Waals surface area contributed by atoms with Crippen LogP contribution < -0.4 is 0 Å². The van der Waals surface area contributed by atoms with Crippen LogP contribution in [0.5, 0.6) is 0 Å². The van der Waals surface area contributed by atoms with Crippen molar-refractivity contribution in [2.45, 2.75) is 548 Å². The molecule has 0 heterocycles. The van der Waals surface area contributed by atoms with E-state index in [1.54, 1.807) is 0 Å². The van der Waals surface area contributed by atoms with Gasteiger partial charge in [-0.1, -0.05) is 549 Å². The Morgan fingerprint density at radius 3 is 0.278 bits per heavy atom. The van der Waals surface area contributed by atoms with Gasteiger partial charge in [0.25, 0.3) is 0 Å². The molecule has 0 N–H and O–H groups in total. The zero-order valence-corrected chi connectivity index (χ0v) is 78.1. The summed E-state index contributed by atoms with van der Waals surface area (Å²) < 4.78 is 24.8. The van der Waals surface area contributed by atoms with Gasteiger partial charge >= 0.3 is 29.8 Å². The van der Waals surface area contributed by atoms with Crippen LogP contribution in [-0.2, 0) is 47.7 Å². The first-order valence-electron chi connectivity index (χ1n) is 50.5. The number of hydrogen-bond acceptors (Lipinski definition) is 10. The van der Waals surface area contributed by atoms with Gasteiger partial charge in [0.05, 0.1) is 33.0 Å². The summed E-state index contributed by atoms with van der Waals surface area (Å²) in [5.41, 5.74) is 0. The topological polar surface area (TPSA) is 132 Å². The molecule has 0 fully saturated rings. The zero-order chi connectivity index (χ0) is 85.1. The highest BCUT2D eigenvalue weighted by molar-refractivity contribution is 5.82. The maximum atomic E-state index is 10.9. The van der Waals surface area contributed by atoms with Crippen molar-refractivity contribution in [1.29, 1.82) is 0 Å². The van der Waals surface area contributed by atoms with Gasteiger partial charge in [-0.25, -0.2) is 24.0 Å². The summed E-state index contributed by atoms with van der Waals surface area (Å²) >= 11 is 0. The fourth-order valence-electron chi connectivity index (χ4n) is 14.4. The lowest BCUT2D eigenvalue weighted by Gasteiger charge is -2.04. The monoisotopic (exact) mass is 1620 g/mol. The van der Waals surface area contributed by atoms with E-state index in [0.717, 1.165) is 32.1 Å². The SMILES string of the molecule is C=CC(=O)OCCCCCCCCCCCCCCCC.C=CC(=O)OCCCCCCCCCCCCCCCCC.C=CC(=O)OCCCCCCCCCCCCCCCCCC.C=CC(=O)OCCCCCCCCCCCCCCCCCCC.C=CC(=O)OCCCCCCCCCCCCCCCCCCCC. The van der Waals surface area contributed by atoms with Crippen LogP contribution in [0.1, 0.15) is 548 Å². The number of rotatable bonds is 90. The Balaban J connectivity index is -0.000000439. The molecule has 0 bridgehead atoms. The van der Waals surface area contributed by atoms with Gasteiger partial charge in [0.2, 0.25) is 0 Å². The quantitative estimate of drug-likeness (QED) is 0.0251. The van der Waals surface area contributed by atoms with Crippen molar-refractivity contribution in [3.05, 3.63) is 63.3 Å². The van der Waals surface area contributed by atoms with Crippen LogP contribution in [-0.4, -0.2) is 62.9 Å². The standard InChI is InChI=1S/C23H44O2.C22H42O2.C21H40O2.C20H38O2.C19H36O2/c1-3-5-6-7-8-9-10-11-12-13-14-15-16-17-18-19-20-21-22-25-23(24)4-2;1-3-5-6-7-8-9-10-11-12-13-14-15-16-17-18-19-20-21-24-22(23)4-2;1-3-5-6-7-8-9-10-11-12-13-14-15-16-17-18-19-20-23-21(22)4-2;1-3-5-6-7-8-9-10-11-12-13-14-15-16-17-18-19-22-20(21)4-2;1-3-5-6-7-8-9-10-11-12-13-14-15-16-17-18-21-19(20)4-2/h4H,2-3,5-22H2,1H3;4H,2-3,5-21H2,1H3;4H,2-3,5-20H2,1H3;4H,2-3,5-19H2,1H3;4H,2-3,5-18H2,1H3. The number of hydrogen-bond donors (Lipinski definition) is 0. The molecule has 115 heavy (non-hydrogen) atoms. The average Bonchev–Trinajstić information content (AvgIpc) is 1.62. The third kappa shape index (κ3) is 126. The van der Waals surface area contributed by atoms with Crippen LogP contribution in [0.15, 0.2) is 63.3 Å². The van der Waals surface area contributed by atoms with Crippen LogP contribution in [0.2, 0.25) is 0 Å². The van der Waals surface area contributed by atoms with Crippen molar-refractivity contribution in [2.24, 2.45) is 0 Å². The first kappa shape index (κ1) is 120. The molecular weight excluding hydrogens is 1420 g/mol. The first-order chi connectivity index (χ1) is 56.5. The summed E-state index contributed by atoms with van der Waals surface area (Å²) in [5, 5.41) is 0. The Morgan fingerprint density at radius 2 is 0.209 bits per heavy atom. The van der Waals surface area contributed by atoms with Gasteiger partial charge in [-0.05, 0) is 32.1 Å². The first-order valence-corrected chi connectivity index (χ1v) is 50.5. The highest BCUT2D eigenvalue weighted by atomic mass is 16.5. The maximum absolute atomic E-state index is 10.9. The van der Waals surface area contributed by atoms with Gasteiger partial charge in [-0.3, -0.25) is 0 Å². The van der Waals surface area contributed by atoms with Gasteiger partial charge in [-0.2, -0.15) is 0 Å². The molecular formula is C105H200O10. The van der Waals surface area contributed by atoms with Crippen LogP contribution in [0, 0.1) is 0 Å². The Labute approximate surface area is 718 Å². The molecule has 0 aromatic carbocycles. The van der Waals surface area contributed by atoms with Crippen LogP contribution in [0.25, 0.3) is 0 Å². The summed E-state index contributed by atoms with van der Waals surface area (Å²) in [4.78, 5) is 54.2. The summed E-state index contributed by atoms with van der Waals surface area (Å²) in [6.07, 6.45) is 115. The molecule has 0 aliphatic carbocycles. The van der Waals surface area contributed by atoms with E-state index in [4.69, 9.17) is 23.7 Å². The molecule has 0 aromatic rings. The predicted octanol–water partition coefficient (Wildman–Crippen LogP) is 34.9. The van der Waals surface area contributed by atoms with Crippen LogP contribution in [0.4, 0.5) is 0 Å². The molecule has 0 aromatic heterocycles. The van der Waals surface area contributed by atoms with Crippen molar-refractivity contribution < 1.29 is 47.7 Å².